The van der Waals surface area contributed by atoms with Crippen molar-refractivity contribution in [2.75, 3.05) is 19.6 Å². The summed E-state index contributed by atoms with van der Waals surface area (Å²) >= 11 is 0. The molecule has 0 amide bonds. The third-order valence-corrected chi connectivity index (χ3v) is 3.96. The highest BCUT2D eigenvalue weighted by molar-refractivity contribution is 4.79. The normalized spacial score (nSPS) is 31.6. The monoisotopic (exact) mass is 181 g/mol. The molecule has 2 fully saturated rings. The van der Waals surface area contributed by atoms with Crippen molar-refractivity contribution < 1.29 is 0 Å². The molecular formula is C12H23N. The molecule has 0 aromatic carbocycles. The van der Waals surface area contributed by atoms with E-state index >= 15 is 0 Å². The van der Waals surface area contributed by atoms with E-state index in [1.54, 1.807) is 0 Å². The summed E-state index contributed by atoms with van der Waals surface area (Å²) in [6.45, 7) is 6.32. The molecule has 1 heteroatoms. The van der Waals surface area contributed by atoms with Crippen molar-refractivity contribution in [3.8, 4) is 0 Å². The Morgan fingerprint density at radius 3 is 2.46 bits per heavy atom. The molecule has 0 spiro atoms. The Hall–Kier alpha value is -0.0400. The third kappa shape index (κ3) is 2.46. The quantitative estimate of drug-likeness (QED) is 0.647. The minimum absolute atomic E-state index is 1.04. The molecule has 0 N–H and O–H groups in total. The highest BCUT2D eigenvalue weighted by atomic mass is 15.1. The van der Waals surface area contributed by atoms with Crippen molar-refractivity contribution in [1.29, 1.82) is 0 Å². The SMILES string of the molecule is CCN1CCC(CC2CCCC2)C1. The number of rotatable bonds is 3. The number of hydrogen-bond acceptors (Lipinski definition) is 1. The lowest BCUT2D eigenvalue weighted by molar-refractivity contribution is 0.319. The van der Waals surface area contributed by atoms with Gasteiger partial charge in [-0.3, -0.25) is 0 Å². The van der Waals surface area contributed by atoms with Gasteiger partial charge in [0.05, 0.1) is 0 Å². The van der Waals surface area contributed by atoms with Crippen LogP contribution in [-0.4, -0.2) is 24.5 Å². The molecule has 0 aromatic rings. The molecule has 13 heavy (non-hydrogen) atoms. The predicted molar refractivity (Wildman–Crippen MR) is 56.8 cm³/mol. The van der Waals surface area contributed by atoms with Crippen LogP contribution in [0.5, 0.6) is 0 Å². The maximum atomic E-state index is 2.61. The first-order valence-corrected chi connectivity index (χ1v) is 6.11. The van der Waals surface area contributed by atoms with Crippen molar-refractivity contribution >= 4 is 0 Å². The van der Waals surface area contributed by atoms with E-state index in [0.29, 0.717) is 0 Å². The maximum Gasteiger partial charge on any atom is 0.00101 e. The van der Waals surface area contributed by atoms with Crippen LogP contribution in [0, 0.1) is 11.8 Å². The Balaban J connectivity index is 1.70. The molecule has 1 heterocycles. The molecule has 76 valence electrons. The Morgan fingerprint density at radius 1 is 1.08 bits per heavy atom. The molecule has 1 nitrogen and oxygen atoms in total. The van der Waals surface area contributed by atoms with E-state index in [0.717, 1.165) is 11.8 Å². The molecular weight excluding hydrogens is 158 g/mol. The summed E-state index contributed by atoms with van der Waals surface area (Å²) in [7, 11) is 0. The minimum Gasteiger partial charge on any atom is -0.303 e. The first kappa shape index (κ1) is 9.51. The fourth-order valence-electron chi connectivity index (χ4n) is 3.11. The van der Waals surface area contributed by atoms with Gasteiger partial charge in [0.1, 0.15) is 0 Å². The van der Waals surface area contributed by atoms with Crippen LogP contribution < -0.4 is 0 Å². The summed E-state index contributed by atoms with van der Waals surface area (Å²) in [5.74, 6) is 2.14. The van der Waals surface area contributed by atoms with Gasteiger partial charge in [-0.25, -0.2) is 0 Å². The van der Waals surface area contributed by atoms with E-state index in [2.05, 4.69) is 11.8 Å². The zero-order valence-corrected chi connectivity index (χ0v) is 8.97. The molecule has 0 radical (unpaired) electrons. The van der Waals surface area contributed by atoms with Gasteiger partial charge in [-0.1, -0.05) is 32.6 Å². The van der Waals surface area contributed by atoms with Gasteiger partial charge in [-0.2, -0.15) is 0 Å². The van der Waals surface area contributed by atoms with Crippen LogP contribution in [0.4, 0.5) is 0 Å². The molecule has 0 aromatic heterocycles. The second-order valence-electron chi connectivity index (χ2n) is 4.93. The van der Waals surface area contributed by atoms with Gasteiger partial charge in [0.15, 0.2) is 0 Å². The maximum absolute atomic E-state index is 2.61. The summed E-state index contributed by atoms with van der Waals surface area (Å²) in [5, 5.41) is 0. The van der Waals surface area contributed by atoms with Crippen LogP contribution in [0.3, 0.4) is 0 Å². The van der Waals surface area contributed by atoms with Crippen molar-refractivity contribution in [1.82, 2.24) is 4.90 Å². The van der Waals surface area contributed by atoms with Crippen molar-refractivity contribution in [2.24, 2.45) is 11.8 Å². The minimum atomic E-state index is 1.04. The average molecular weight is 181 g/mol. The van der Waals surface area contributed by atoms with Gasteiger partial charge in [0, 0.05) is 6.54 Å². The van der Waals surface area contributed by atoms with E-state index in [-0.39, 0.29) is 0 Å². The van der Waals surface area contributed by atoms with Crippen molar-refractivity contribution in [3.63, 3.8) is 0 Å². The zero-order valence-electron chi connectivity index (χ0n) is 8.97. The van der Waals surface area contributed by atoms with Gasteiger partial charge in [0.2, 0.25) is 0 Å². The summed E-state index contributed by atoms with van der Waals surface area (Å²) in [6, 6.07) is 0. The molecule has 1 aliphatic heterocycles. The molecule has 1 atom stereocenters. The van der Waals surface area contributed by atoms with E-state index in [1.165, 1.54) is 58.2 Å². The first-order chi connectivity index (χ1) is 6.38. The second kappa shape index (κ2) is 4.45. The lowest BCUT2D eigenvalue weighted by Gasteiger charge is -2.16. The van der Waals surface area contributed by atoms with Crippen LogP contribution in [0.25, 0.3) is 0 Å². The van der Waals surface area contributed by atoms with Crippen molar-refractivity contribution in [3.05, 3.63) is 0 Å². The lowest BCUT2D eigenvalue weighted by Crippen LogP contribution is -2.20. The number of hydrogen-bond donors (Lipinski definition) is 0. The van der Waals surface area contributed by atoms with Gasteiger partial charge >= 0.3 is 0 Å². The number of nitrogens with zero attached hydrogens (tertiary/aromatic N) is 1. The number of likely N-dealkylation sites (tertiary alicyclic amines) is 1. The van der Waals surface area contributed by atoms with E-state index in [9.17, 15) is 0 Å². The fourth-order valence-corrected chi connectivity index (χ4v) is 3.11. The Kier molecular flexibility index (Phi) is 3.26. The standard InChI is InChI=1S/C12H23N/c1-2-13-8-7-12(10-13)9-11-5-3-4-6-11/h11-12H,2-10H2,1H3. The fraction of sp³-hybridized carbons (Fsp3) is 1.00. The second-order valence-corrected chi connectivity index (χ2v) is 4.93. The molecule has 2 rings (SSSR count). The van der Waals surface area contributed by atoms with Crippen LogP contribution in [0.2, 0.25) is 0 Å². The van der Waals surface area contributed by atoms with Crippen LogP contribution in [0.15, 0.2) is 0 Å². The van der Waals surface area contributed by atoms with E-state index in [4.69, 9.17) is 0 Å². The summed E-state index contributed by atoms with van der Waals surface area (Å²) < 4.78 is 0. The van der Waals surface area contributed by atoms with Gasteiger partial charge in [0.25, 0.3) is 0 Å². The molecule has 1 aliphatic carbocycles. The highest BCUT2D eigenvalue weighted by Gasteiger charge is 2.25. The zero-order chi connectivity index (χ0) is 9.10. The Labute approximate surface area is 82.5 Å². The Morgan fingerprint density at radius 2 is 1.85 bits per heavy atom. The molecule has 1 saturated heterocycles. The summed E-state index contributed by atoms with van der Waals surface area (Å²) in [4.78, 5) is 2.61. The highest BCUT2D eigenvalue weighted by Crippen LogP contribution is 2.33. The molecule has 1 saturated carbocycles. The lowest BCUT2D eigenvalue weighted by atomic mass is 9.93. The van der Waals surface area contributed by atoms with Crippen LogP contribution in [0.1, 0.15) is 45.4 Å². The topological polar surface area (TPSA) is 3.24 Å². The van der Waals surface area contributed by atoms with Gasteiger partial charge in [-0.05, 0) is 37.8 Å². The molecule has 2 aliphatic rings. The summed E-state index contributed by atoms with van der Waals surface area (Å²) in [6.07, 6.45) is 9.09. The predicted octanol–water partition coefficient (Wildman–Crippen LogP) is 2.91. The van der Waals surface area contributed by atoms with Gasteiger partial charge < -0.3 is 4.90 Å². The van der Waals surface area contributed by atoms with E-state index < -0.39 is 0 Å². The van der Waals surface area contributed by atoms with Crippen molar-refractivity contribution in [2.45, 2.75) is 45.4 Å². The van der Waals surface area contributed by atoms with Gasteiger partial charge in [-0.15, -0.1) is 0 Å². The molecule has 1 unspecified atom stereocenters. The van der Waals surface area contributed by atoms with Crippen LogP contribution in [-0.2, 0) is 0 Å². The first-order valence-electron chi connectivity index (χ1n) is 6.11. The average Bonchev–Trinajstić information content (AvgIpc) is 2.76. The Bertz CT molecular complexity index is 149. The third-order valence-electron chi connectivity index (χ3n) is 3.96. The molecule has 0 bridgehead atoms. The largest absolute Gasteiger partial charge is 0.303 e. The smallest absolute Gasteiger partial charge is 0.00101 e. The van der Waals surface area contributed by atoms with Crippen LogP contribution >= 0.6 is 0 Å². The summed E-state index contributed by atoms with van der Waals surface area (Å²) in [5.41, 5.74) is 0. The van der Waals surface area contributed by atoms with E-state index in [1.807, 2.05) is 0 Å².